The number of nitrogens with zero attached hydrogens (tertiary/aromatic N) is 1. The van der Waals surface area contributed by atoms with Crippen molar-refractivity contribution in [2.45, 2.75) is 18.8 Å². The number of rotatable bonds is 4. The van der Waals surface area contributed by atoms with Crippen LogP contribution in [0.25, 0.3) is 0 Å². The van der Waals surface area contributed by atoms with Crippen molar-refractivity contribution in [3.63, 3.8) is 0 Å². The molecule has 2 aromatic rings. The molecular weight excluding hydrogens is 322 g/mol. The summed E-state index contributed by atoms with van der Waals surface area (Å²) in [6, 6.07) is 14.6. The molecule has 1 nitrogen and oxygen atoms in total. The Hall–Kier alpha value is -0.990. The van der Waals surface area contributed by atoms with Gasteiger partial charge in [0.05, 0.1) is 0 Å². The van der Waals surface area contributed by atoms with Crippen LogP contribution in [0.15, 0.2) is 42.5 Å². The van der Waals surface area contributed by atoms with Crippen LogP contribution in [0.5, 0.6) is 0 Å². The number of benzene rings is 2. The summed E-state index contributed by atoms with van der Waals surface area (Å²) < 4.78 is 0. The Labute approximate surface area is 128 Å². The van der Waals surface area contributed by atoms with Gasteiger partial charge in [-0.15, -0.1) is 0 Å². The lowest BCUT2D eigenvalue weighted by molar-refractivity contribution is 0.915. The maximum Gasteiger partial charge on any atom is 0.0426 e. The molecule has 0 atom stereocenters. The zero-order valence-electron chi connectivity index (χ0n) is 11.2. The minimum absolute atomic E-state index is 0.774. The standard InChI is InChI=1S/C16H17BrClN/c1-12-4-3-5-13(8-12)11-19(2)16-9-15(18)7-6-14(16)10-17/h3-9H,10-11H2,1-2H3. The molecule has 0 fully saturated rings. The molecule has 0 aromatic heterocycles. The lowest BCUT2D eigenvalue weighted by Gasteiger charge is -2.22. The molecule has 0 radical (unpaired) electrons. The molecule has 2 aromatic carbocycles. The third-order valence-corrected chi connectivity index (χ3v) is 3.94. The molecule has 0 bridgehead atoms. The van der Waals surface area contributed by atoms with Gasteiger partial charge in [0.15, 0.2) is 0 Å². The predicted octanol–water partition coefficient (Wildman–Crippen LogP) is 5.18. The van der Waals surface area contributed by atoms with Crippen LogP contribution in [0.2, 0.25) is 5.02 Å². The van der Waals surface area contributed by atoms with Gasteiger partial charge in [0.1, 0.15) is 0 Å². The van der Waals surface area contributed by atoms with Gasteiger partial charge in [-0.3, -0.25) is 0 Å². The predicted molar refractivity (Wildman–Crippen MR) is 87.4 cm³/mol. The monoisotopic (exact) mass is 337 g/mol. The molecule has 0 spiro atoms. The van der Waals surface area contributed by atoms with Crippen molar-refractivity contribution in [3.05, 3.63) is 64.2 Å². The molecule has 0 saturated carbocycles. The van der Waals surface area contributed by atoms with E-state index in [-0.39, 0.29) is 0 Å². The quantitative estimate of drug-likeness (QED) is 0.694. The molecule has 19 heavy (non-hydrogen) atoms. The van der Waals surface area contributed by atoms with Crippen LogP contribution in [0.4, 0.5) is 5.69 Å². The smallest absolute Gasteiger partial charge is 0.0426 e. The zero-order chi connectivity index (χ0) is 13.8. The van der Waals surface area contributed by atoms with Gasteiger partial charge in [0.25, 0.3) is 0 Å². The van der Waals surface area contributed by atoms with Crippen molar-refractivity contribution < 1.29 is 0 Å². The van der Waals surface area contributed by atoms with Gasteiger partial charge in [0.2, 0.25) is 0 Å². The van der Waals surface area contributed by atoms with Crippen LogP contribution in [0.3, 0.4) is 0 Å². The molecule has 0 unspecified atom stereocenters. The van der Waals surface area contributed by atoms with Gasteiger partial charge in [0, 0.05) is 29.6 Å². The van der Waals surface area contributed by atoms with E-state index < -0.39 is 0 Å². The van der Waals surface area contributed by atoms with Crippen molar-refractivity contribution >= 4 is 33.2 Å². The fourth-order valence-electron chi connectivity index (χ4n) is 2.17. The first kappa shape index (κ1) is 14.4. The average Bonchev–Trinajstić information content (AvgIpc) is 2.38. The second-order valence-electron chi connectivity index (χ2n) is 4.75. The molecular formula is C16H17BrClN. The minimum Gasteiger partial charge on any atom is -0.370 e. The Morgan fingerprint density at radius 2 is 1.95 bits per heavy atom. The summed E-state index contributed by atoms with van der Waals surface area (Å²) in [4.78, 5) is 2.23. The molecule has 100 valence electrons. The normalized spacial score (nSPS) is 10.5. The maximum absolute atomic E-state index is 6.10. The summed E-state index contributed by atoms with van der Waals surface area (Å²) in [6.07, 6.45) is 0. The summed E-state index contributed by atoms with van der Waals surface area (Å²) >= 11 is 9.63. The number of alkyl halides is 1. The van der Waals surface area contributed by atoms with Crippen molar-refractivity contribution in [2.75, 3.05) is 11.9 Å². The first-order valence-electron chi connectivity index (χ1n) is 6.21. The second-order valence-corrected chi connectivity index (χ2v) is 5.75. The van der Waals surface area contributed by atoms with Crippen LogP contribution in [-0.2, 0) is 11.9 Å². The topological polar surface area (TPSA) is 3.24 Å². The van der Waals surface area contributed by atoms with Crippen molar-refractivity contribution in [3.8, 4) is 0 Å². The van der Waals surface area contributed by atoms with Crippen LogP contribution in [0, 0.1) is 6.92 Å². The number of hydrogen-bond donors (Lipinski definition) is 0. The van der Waals surface area contributed by atoms with Gasteiger partial charge < -0.3 is 4.90 Å². The lowest BCUT2D eigenvalue weighted by atomic mass is 10.1. The van der Waals surface area contributed by atoms with E-state index >= 15 is 0 Å². The number of anilines is 1. The molecule has 0 aliphatic heterocycles. The van der Waals surface area contributed by atoms with Gasteiger partial charge >= 0.3 is 0 Å². The number of hydrogen-bond acceptors (Lipinski definition) is 1. The summed E-state index contributed by atoms with van der Waals surface area (Å²) in [7, 11) is 2.10. The van der Waals surface area contributed by atoms with Crippen molar-refractivity contribution in [2.24, 2.45) is 0 Å². The zero-order valence-corrected chi connectivity index (χ0v) is 13.5. The summed E-state index contributed by atoms with van der Waals surface area (Å²) in [6.45, 7) is 2.99. The second kappa shape index (κ2) is 6.44. The van der Waals surface area contributed by atoms with Gasteiger partial charge in [-0.2, -0.15) is 0 Å². The SMILES string of the molecule is Cc1cccc(CN(C)c2cc(Cl)ccc2CBr)c1. The third kappa shape index (κ3) is 3.74. The Bertz CT molecular complexity index is 568. The Kier molecular flexibility index (Phi) is 4.89. The van der Waals surface area contributed by atoms with Crippen molar-refractivity contribution in [1.29, 1.82) is 0 Å². The van der Waals surface area contributed by atoms with E-state index in [1.807, 2.05) is 12.1 Å². The molecule has 0 amide bonds. The summed E-state index contributed by atoms with van der Waals surface area (Å²) in [5, 5.41) is 1.60. The first-order valence-corrected chi connectivity index (χ1v) is 7.71. The highest BCUT2D eigenvalue weighted by molar-refractivity contribution is 9.08. The van der Waals surface area contributed by atoms with Gasteiger partial charge in [-0.05, 0) is 30.2 Å². The maximum atomic E-state index is 6.10. The Morgan fingerprint density at radius 3 is 2.63 bits per heavy atom. The lowest BCUT2D eigenvalue weighted by Crippen LogP contribution is -2.17. The molecule has 2 rings (SSSR count). The number of halogens is 2. The first-order chi connectivity index (χ1) is 9.10. The Morgan fingerprint density at radius 1 is 1.16 bits per heavy atom. The molecule has 0 heterocycles. The summed E-state index contributed by atoms with van der Waals surface area (Å²) in [5.74, 6) is 0. The summed E-state index contributed by atoms with van der Waals surface area (Å²) in [5.41, 5.74) is 5.02. The third-order valence-electron chi connectivity index (χ3n) is 3.10. The van der Waals surface area contributed by atoms with E-state index in [2.05, 4.69) is 65.1 Å². The van der Waals surface area contributed by atoms with E-state index in [1.165, 1.54) is 22.4 Å². The molecule has 0 aliphatic carbocycles. The fourth-order valence-corrected chi connectivity index (χ4v) is 2.82. The van der Waals surface area contributed by atoms with Crippen LogP contribution >= 0.6 is 27.5 Å². The fraction of sp³-hybridized carbons (Fsp3) is 0.250. The van der Waals surface area contributed by atoms with E-state index in [9.17, 15) is 0 Å². The van der Waals surface area contributed by atoms with Crippen LogP contribution < -0.4 is 4.90 Å². The van der Waals surface area contributed by atoms with Gasteiger partial charge in [-0.1, -0.05) is 63.4 Å². The van der Waals surface area contributed by atoms with E-state index in [1.54, 1.807) is 0 Å². The molecule has 0 saturated heterocycles. The molecule has 0 aliphatic rings. The van der Waals surface area contributed by atoms with Gasteiger partial charge in [-0.25, -0.2) is 0 Å². The largest absolute Gasteiger partial charge is 0.370 e. The average molecular weight is 339 g/mol. The highest BCUT2D eigenvalue weighted by atomic mass is 79.9. The molecule has 3 heteroatoms. The Balaban J connectivity index is 2.24. The van der Waals surface area contributed by atoms with Crippen LogP contribution in [0.1, 0.15) is 16.7 Å². The van der Waals surface area contributed by atoms with Crippen molar-refractivity contribution in [1.82, 2.24) is 0 Å². The van der Waals surface area contributed by atoms with E-state index in [0.29, 0.717) is 0 Å². The van der Waals surface area contributed by atoms with Crippen LogP contribution in [-0.4, -0.2) is 7.05 Å². The van der Waals surface area contributed by atoms with E-state index in [0.717, 1.165) is 16.9 Å². The number of aryl methyl sites for hydroxylation is 1. The minimum atomic E-state index is 0.774. The molecule has 0 N–H and O–H groups in total. The van der Waals surface area contributed by atoms with E-state index in [4.69, 9.17) is 11.6 Å². The highest BCUT2D eigenvalue weighted by Gasteiger charge is 2.08. The highest BCUT2D eigenvalue weighted by Crippen LogP contribution is 2.27.